The zero-order chi connectivity index (χ0) is 17.1. The number of aromatic nitrogens is 1. The summed E-state index contributed by atoms with van der Waals surface area (Å²) in [5.41, 5.74) is 3.35. The van der Waals surface area contributed by atoms with Crippen LogP contribution >= 0.6 is 11.3 Å². The number of anilines is 1. The molecule has 1 amide bonds. The summed E-state index contributed by atoms with van der Waals surface area (Å²) >= 11 is 1.58. The molecule has 0 radical (unpaired) electrons. The molecule has 2 heterocycles. The molecule has 1 aromatic carbocycles. The van der Waals surface area contributed by atoms with Crippen molar-refractivity contribution in [2.24, 2.45) is 0 Å². The summed E-state index contributed by atoms with van der Waals surface area (Å²) < 4.78 is 6.58. The number of aryl methyl sites for hydroxylation is 2. The maximum Gasteiger partial charge on any atom is 0.229 e. The van der Waals surface area contributed by atoms with Gasteiger partial charge in [-0.3, -0.25) is 9.69 Å². The Bertz CT molecular complexity index is 837. The number of thiazole rings is 1. The fraction of sp³-hybridized carbons (Fsp3) is 0.368. The second-order valence-electron chi connectivity index (χ2n) is 6.09. The quantitative estimate of drug-likeness (QED) is 0.616. The van der Waals surface area contributed by atoms with Gasteiger partial charge in [-0.1, -0.05) is 30.7 Å². The van der Waals surface area contributed by atoms with Crippen molar-refractivity contribution >= 4 is 32.6 Å². The maximum atomic E-state index is 12.7. The standard InChI is InChI=1S/C19H22N2O2S/c1-4-5-8-17(22)21(12-15-7-6-9-23-15)19-20-16-11-13(2)10-14(3)18(16)24-19/h6-7,9-11H,4-5,8,12H2,1-3H3. The number of nitrogens with zero attached hydrogens (tertiary/aromatic N) is 2. The molecule has 0 atom stereocenters. The van der Waals surface area contributed by atoms with E-state index >= 15 is 0 Å². The maximum absolute atomic E-state index is 12.7. The molecule has 5 heteroatoms. The lowest BCUT2D eigenvalue weighted by molar-refractivity contribution is -0.118. The highest BCUT2D eigenvalue weighted by molar-refractivity contribution is 7.22. The molecular formula is C19H22N2O2S. The summed E-state index contributed by atoms with van der Waals surface area (Å²) in [6, 6.07) is 7.96. The first-order chi connectivity index (χ1) is 11.6. The van der Waals surface area contributed by atoms with E-state index < -0.39 is 0 Å². The van der Waals surface area contributed by atoms with Gasteiger partial charge in [0.05, 0.1) is 23.0 Å². The van der Waals surface area contributed by atoms with Gasteiger partial charge in [-0.25, -0.2) is 4.98 Å². The van der Waals surface area contributed by atoms with Crippen molar-refractivity contribution < 1.29 is 9.21 Å². The number of furan rings is 1. The number of benzene rings is 1. The van der Waals surface area contributed by atoms with E-state index in [9.17, 15) is 4.79 Å². The molecular weight excluding hydrogens is 320 g/mol. The fourth-order valence-electron chi connectivity index (χ4n) is 2.76. The molecule has 3 aromatic rings. The summed E-state index contributed by atoms with van der Waals surface area (Å²) in [4.78, 5) is 19.2. The molecule has 0 aliphatic rings. The normalized spacial score (nSPS) is 11.1. The van der Waals surface area contributed by atoms with E-state index in [0.29, 0.717) is 13.0 Å². The second kappa shape index (κ2) is 7.18. The molecule has 0 unspecified atom stereocenters. The van der Waals surface area contributed by atoms with E-state index in [0.717, 1.165) is 34.0 Å². The number of rotatable bonds is 6. The Hall–Kier alpha value is -2.14. The topological polar surface area (TPSA) is 46.3 Å². The van der Waals surface area contributed by atoms with E-state index in [1.165, 1.54) is 11.1 Å². The molecule has 126 valence electrons. The predicted molar refractivity (Wildman–Crippen MR) is 98.5 cm³/mol. The number of unbranched alkanes of at least 4 members (excludes halogenated alkanes) is 1. The third kappa shape index (κ3) is 3.51. The zero-order valence-corrected chi connectivity index (χ0v) is 15.2. The molecule has 24 heavy (non-hydrogen) atoms. The van der Waals surface area contributed by atoms with Gasteiger partial charge in [-0.05, 0) is 49.6 Å². The molecule has 4 nitrogen and oxygen atoms in total. The minimum atomic E-state index is 0.0988. The Morgan fingerprint density at radius 2 is 2.17 bits per heavy atom. The molecule has 0 saturated heterocycles. The Balaban J connectivity index is 1.97. The lowest BCUT2D eigenvalue weighted by atomic mass is 10.1. The van der Waals surface area contributed by atoms with Crippen molar-refractivity contribution in [2.75, 3.05) is 4.90 Å². The third-order valence-electron chi connectivity index (χ3n) is 3.98. The van der Waals surface area contributed by atoms with Crippen LogP contribution in [0.3, 0.4) is 0 Å². The van der Waals surface area contributed by atoms with Gasteiger partial charge in [0.1, 0.15) is 5.76 Å². The van der Waals surface area contributed by atoms with E-state index in [2.05, 4.69) is 32.9 Å². The van der Waals surface area contributed by atoms with Crippen LogP contribution in [0.25, 0.3) is 10.2 Å². The molecule has 0 aliphatic carbocycles. The van der Waals surface area contributed by atoms with Crippen LogP contribution in [0.2, 0.25) is 0 Å². The van der Waals surface area contributed by atoms with Crippen LogP contribution in [0.5, 0.6) is 0 Å². The summed E-state index contributed by atoms with van der Waals surface area (Å²) in [5.74, 6) is 0.869. The Labute approximate surface area is 146 Å². The number of carbonyl (C=O) groups is 1. The van der Waals surface area contributed by atoms with E-state index in [-0.39, 0.29) is 5.91 Å². The van der Waals surface area contributed by atoms with E-state index in [4.69, 9.17) is 9.40 Å². The van der Waals surface area contributed by atoms with Crippen molar-refractivity contribution in [1.29, 1.82) is 0 Å². The molecule has 0 aliphatic heterocycles. The van der Waals surface area contributed by atoms with E-state index in [1.54, 1.807) is 22.5 Å². The monoisotopic (exact) mass is 342 g/mol. The highest BCUT2D eigenvalue weighted by Gasteiger charge is 2.21. The van der Waals surface area contributed by atoms with Gasteiger partial charge >= 0.3 is 0 Å². The molecule has 2 aromatic heterocycles. The predicted octanol–water partition coefficient (Wildman–Crippen LogP) is 5.23. The van der Waals surface area contributed by atoms with Crippen LogP contribution in [-0.4, -0.2) is 10.9 Å². The Kier molecular flexibility index (Phi) is 5.00. The Morgan fingerprint density at radius 3 is 2.88 bits per heavy atom. The number of hydrogen-bond donors (Lipinski definition) is 0. The fourth-order valence-corrected chi connectivity index (χ4v) is 3.80. The summed E-state index contributed by atoms with van der Waals surface area (Å²) in [6.07, 6.45) is 4.05. The van der Waals surface area contributed by atoms with Crippen LogP contribution < -0.4 is 4.90 Å². The zero-order valence-electron chi connectivity index (χ0n) is 14.3. The molecule has 0 bridgehead atoms. The average molecular weight is 342 g/mol. The Morgan fingerprint density at radius 1 is 1.33 bits per heavy atom. The summed E-state index contributed by atoms with van der Waals surface area (Å²) in [7, 11) is 0. The summed E-state index contributed by atoms with van der Waals surface area (Å²) in [5, 5.41) is 0.746. The highest BCUT2D eigenvalue weighted by atomic mass is 32.1. The number of hydrogen-bond acceptors (Lipinski definition) is 4. The van der Waals surface area contributed by atoms with Crippen molar-refractivity contribution in [3.8, 4) is 0 Å². The first kappa shape index (κ1) is 16.7. The second-order valence-corrected chi connectivity index (χ2v) is 7.07. The minimum Gasteiger partial charge on any atom is -0.467 e. The van der Waals surface area contributed by atoms with Crippen LogP contribution in [-0.2, 0) is 11.3 Å². The van der Waals surface area contributed by atoms with Crippen molar-refractivity contribution in [3.05, 3.63) is 47.4 Å². The highest BCUT2D eigenvalue weighted by Crippen LogP contribution is 2.33. The third-order valence-corrected chi connectivity index (χ3v) is 5.21. The van der Waals surface area contributed by atoms with Gasteiger partial charge in [0.25, 0.3) is 0 Å². The number of fused-ring (bicyclic) bond motifs is 1. The van der Waals surface area contributed by atoms with Crippen LogP contribution in [0, 0.1) is 13.8 Å². The van der Waals surface area contributed by atoms with Crippen molar-refractivity contribution in [2.45, 2.75) is 46.6 Å². The van der Waals surface area contributed by atoms with Gasteiger partial charge in [0, 0.05) is 6.42 Å². The largest absolute Gasteiger partial charge is 0.467 e. The molecule has 3 rings (SSSR count). The number of amides is 1. The van der Waals surface area contributed by atoms with Gasteiger partial charge < -0.3 is 4.42 Å². The average Bonchev–Trinajstić information content (AvgIpc) is 3.19. The lowest BCUT2D eigenvalue weighted by Gasteiger charge is -2.18. The van der Waals surface area contributed by atoms with Gasteiger partial charge in [0.2, 0.25) is 5.91 Å². The molecule has 0 saturated carbocycles. The SMILES string of the molecule is CCCCC(=O)N(Cc1ccco1)c1nc2cc(C)cc(C)c2s1. The molecule has 0 fully saturated rings. The minimum absolute atomic E-state index is 0.0988. The molecule has 0 spiro atoms. The van der Waals surface area contributed by atoms with Crippen molar-refractivity contribution in [1.82, 2.24) is 4.98 Å². The summed E-state index contributed by atoms with van der Waals surface area (Å²) in [6.45, 7) is 6.67. The first-order valence-corrected chi connectivity index (χ1v) is 9.10. The van der Waals surface area contributed by atoms with E-state index in [1.807, 2.05) is 12.1 Å². The van der Waals surface area contributed by atoms with Gasteiger partial charge in [-0.2, -0.15) is 0 Å². The van der Waals surface area contributed by atoms with Crippen LogP contribution in [0.1, 0.15) is 43.1 Å². The first-order valence-electron chi connectivity index (χ1n) is 8.29. The van der Waals surface area contributed by atoms with Gasteiger partial charge in [0.15, 0.2) is 5.13 Å². The smallest absolute Gasteiger partial charge is 0.229 e. The van der Waals surface area contributed by atoms with Gasteiger partial charge in [-0.15, -0.1) is 0 Å². The lowest BCUT2D eigenvalue weighted by Crippen LogP contribution is -2.29. The number of carbonyl (C=O) groups excluding carboxylic acids is 1. The van der Waals surface area contributed by atoms with Crippen LogP contribution in [0.15, 0.2) is 34.9 Å². The van der Waals surface area contributed by atoms with Crippen molar-refractivity contribution in [3.63, 3.8) is 0 Å². The van der Waals surface area contributed by atoms with Crippen LogP contribution in [0.4, 0.5) is 5.13 Å². The molecule has 0 N–H and O–H groups in total.